The molecule has 5 heteroatoms. The summed E-state index contributed by atoms with van der Waals surface area (Å²) in [7, 11) is 0. The molecule has 0 unspecified atom stereocenters. The first-order chi connectivity index (χ1) is 35.7. The Morgan fingerprint density at radius 1 is 0.243 bits per heavy atom. The van der Waals surface area contributed by atoms with E-state index in [4.69, 9.17) is 9.97 Å². The maximum absolute atomic E-state index is 5.11. The second kappa shape index (κ2) is 22.2. The number of hydrogen-bond donors (Lipinski definition) is 0. The molecule has 4 nitrogen and oxygen atoms in total. The number of rotatable bonds is 11. The molecule has 8 aromatic carbocycles. The van der Waals surface area contributed by atoms with Crippen LogP contribution in [0.1, 0.15) is 0 Å². The van der Waals surface area contributed by atoms with Gasteiger partial charge in [-0.1, -0.05) is 180 Å². The van der Waals surface area contributed by atoms with Crippen LogP contribution in [0.5, 0.6) is 0 Å². The quantitative estimate of drug-likeness (QED) is 0.121. The normalized spacial score (nSPS) is 10.8. The van der Waals surface area contributed by atoms with Crippen molar-refractivity contribution in [1.29, 1.82) is 0 Å². The molecule has 4 aromatic heterocycles. The molecule has 0 atom stereocenters. The molecule has 0 fully saturated rings. The van der Waals surface area contributed by atoms with Gasteiger partial charge in [-0.3, -0.25) is 9.97 Å². The average Bonchev–Trinajstić information content (AvgIpc) is 3.48. The van der Waals surface area contributed by atoms with Crippen molar-refractivity contribution in [2.45, 2.75) is 0 Å². The standard InChI is InChI=1S/C68H44N4.CH3.Ir/c1-2-16-47(17-3-1)48-27-29-51(30-28-48)63-45-68(67-26-12-15-41-71-67)72-46-64(63)62-23-9-8-22-61(62)56-43-54(59-20-6-4-18-57(59)49-31-35-52(36-32-49)65-24-10-13-39-69-65)42-55(44-56)60-21-7-5-19-58(60)50-33-37-53(38-34-50)66-25-11-14-40-70-66;;/h1-35,37,39-46H;1H3;/q-2;-1;+3. The molecule has 0 spiro atoms. The first-order valence-electron chi connectivity index (χ1n) is 24.1. The molecule has 12 rings (SSSR count). The van der Waals surface area contributed by atoms with Crippen molar-refractivity contribution < 1.29 is 20.1 Å². The van der Waals surface area contributed by atoms with Crippen LogP contribution in [0.25, 0.3) is 123 Å². The zero-order chi connectivity index (χ0) is 48.1. The van der Waals surface area contributed by atoms with Gasteiger partial charge in [-0.25, -0.2) is 0 Å². The Morgan fingerprint density at radius 3 is 1.07 bits per heavy atom. The van der Waals surface area contributed by atoms with E-state index in [9.17, 15) is 0 Å². The first-order valence-corrected chi connectivity index (χ1v) is 24.1. The summed E-state index contributed by atoms with van der Waals surface area (Å²) >= 11 is 0. The van der Waals surface area contributed by atoms with E-state index in [1.54, 1.807) is 0 Å². The van der Waals surface area contributed by atoms with Crippen molar-refractivity contribution in [3.63, 3.8) is 0 Å². The van der Waals surface area contributed by atoms with Crippen LogP contribution in [0.4, 0.5) is 0 Å². The molecule has 74 heavy (non-hydrogen) atoms. The minimum atomic E-state index is 0. The van der Waals surface area contributed by atoms with Crippen LogP contribution in [0, 0.1) is 19.6 Å². The maximum atomic E-state index is 5.11. The number of nitrogens with zero attached hydrogens (tertiary/aromatic N) is 4. The largest absolute Gasteiger partial charge is 3.00 e. The van der Waals surface area contributed by atoms with Crippen molar-refractivity contribution in [3.05, 3.63) is 287 Å². The molecule has 4 heterocycles. The fourth-order valence-corrected chi connectivity index (χ4v) is 9.62. The third-order valence-corrected chi connectivity index (χ3v) is 13.2. The minimum Gasteiger partial charge on any atom is -0.358 e. The van der Waals surface area contributed by atoms with Crippen LogP contribution < -0.4 is 0 Å². The van der Waals surface area contributed by atoms with Crippen LogP contribution in [0.3, 0.4) is 0 Å². The van der Waals surface area contributed by atoms with Gasteiger partial charge in [0.2, 0.25) is 0 Å². The van der Waals surface area contributed by atoms with Gasteiger partial charge < -0.3 is 17.4 Å². The summed E-state index contributed by atoms with van der Waals surface area (Å²) in [4.78, 5) is 19.0. The van der Waals surface area contributed by atoms with E-state index < -0.39 is 0 Å². The van der Waals surface area contributed by atoms with E-state index in [0.29, 0.717) is 0 Å². The summed E-state index contributed by atoms with van der Waals surface area (Å²) in [6, 6.07) is 92.3. The molecule has 0 aliphatic carbocycles. The predicted molar refractivity (Wildman–Crippen MR) is 302 cm³/mol. The minimum absolute atomic E-state index is 0. The van der Waals surface area contributed by atoms with E-state index in [2.05, 4.69) is 210 Å². The van der Waals surface area contributed by atoms with Crippen LogP contribution in [-0.4, -0.2) is 19.9 Å². The molecule has 0 aliphatic heterocycles. The van der Waals surface area contributed by atoms with Gasteiger partial charge in [0.15, 0.2) is 0 Å². The SMILES string of the molecule is [CH3-].[Ir+3].[c-]1cc(-c2ccccc2-c2cc(-c3ccccc3-c3c[c-]c(-c4ccccn4)cc3)cc(-c3ccccc3-c3cnc(-c4ccccn4)cc3-c3ccc(-c4ccccc4)cc3)c2)ccc1-c1ccccn1. The summed E-state index contributed by atoms with van der Waals surface area (Å²) < 4.78 is 0. The molecular formula is C69H47IrN4. The number of hydrogen-bond acceptors (Lipinski definition) is 4. The fourth-order valence-electron chi connectivity index (χ4n) is 9.62. The Bertz CT molecular complexity index is 3660. The van der Waals surface area contributed by atoms with Gasteiger partial charge in [0.1, 0.15) is 0 Å². The van der Waals surface area contributed by atoms with E-state index in [-0.39, 0.29) is 27.5 Å². The van der Waals surface area contributed by atoms with Gasteiger partial charge in [-0.05, 0) is 121 Å². The molecule has 0 amide bonds. The molecule has 0 radical (unpaired) electrons. The molecule has 0 N–H and O–H groups in total. The van der Waals surface area contributed by atoms with Gasteiger partial charge in [0, 0.05) is 30.4 Å². The summed E-state index contributed by atoms with van der Waals surface area (Å²) in [6.45, 7) is 0. The maximum Gasteiger partial charge on any atom is 3.00 e. The summed E-state index contributed by atoms with van der Waals surface area (Å²) in [5.41, 5.74) is 22.9. The molecule has 352 valence electrons. The van der Waals surface area contributed by atoms with Gasteiger partial charge >= 0.3 is 20.1 Å². The first kappa shape index (κ1) is 48.6. The fraction of sp³-hybridized carbons (Fsp3) is 0. The van der Waals surface area contributed by atoms with E-state index in [0.717, 1.165) is 117 Å². The smallest absolute Gasteiger partial charge is 0.358 e. The van der Waals surface area contributed by atoms with E-state index in [1.165, 1.54) is 5.56 Å². The summed E-state index contributed by atoms with van der Waals surface area (Å²) in [6.07, 6.45) is 7.48. The number of aromatic nitrogens is 4. The monoisotopic (exact) mass is 1120 g/mol. The van der Waals surface area contributed by atoms with Crippen LogP contribution in [0.15, 0.2) is 267 Å². The van der Waals surface area contributed by atoms with Crippen LogP contribution in [0.2, 0.25) is 0 Å². The van der Waals surface area contributed by atoms with Crippen LogP contribution in [-0.2, 0) is 20.1 Å². The van der Waals surface area contributed by atoms with Crippen LogP contribution >= 0.6 is 0 Å². The molecule has 0 bridgehead atoms. The Hall–Kier alpha value is -8.99. The van der Waals surface area contributed by atoms with Gasteiger partial charge in [0.05, 0.1) is 11.4 Å². The van der Waals surface area contributed by atoms with Gasteiger partial charge in [-0.15, -0.1) is 59.7 Å². The average molecular weight is 1120 g/mol. The summed E-state index contributed by atoms with van der Waals surface area (Å²) in [5.74, 6) is 0. The molecule has 12 aromatic rings. The predicted octanol–water partition coefficient (Wildman–Crippen LogP) is 17.7. The molecule has 0 saturated heterocycles. The molecule has 0 saturated carbocycles. The van der Waals surface area contributed by atoms with Crippen molar-refractivity contribution in [2.24, 2.45) is 0 Å². The second-order valence-corrected chi connectivity index (χ2v) is 17.6. The Labute approximate surface area is 447 Å². The zero-order valence-electron chi connectivity index (χ0n) is 40.5. The van der Waals surface area contributed by atoms with Crippen molar-refractivity contribution in [1.82, 2.24) is 19.9 Å². The molecule has 0 aliphatic rings. The Morgan fingerprint density at radius 2 is 0.622 bits per heavy atom. The number of pyridine rings is 4. The van der Waals surface area contributed by atoms with Crippen molar-refractivity contribution in [3.8, 4) is 123 Å². The summed E-state index contributed by atoms with van der Waals surface area (Å²) in [5, 5.41) is 0. The van der Waals surface area contributed by atoms with Crippen molar-refractivity contribution >= 4 is 0 Å². The third kappa shape index (κ3) is 10.1. The number of benzene rings is 8. The second-order valence-electron chi connectivity index (χ2n) is 17.6. The zero-order valence-corrected chi connectivity index (χ0v) is 42.9. The third-order valence-electron chi connectivity index (χ3n) is 13.2. The Balaban J connectivity index is 0.00000313. The van der Waals surface area contributed by atoms with E-state index in [1.807, 2.05) is 79.4 Å². The van der Waals surface area contributed by atoms with E-state index >= 15 is 0 Å². The topological polar surface area (TPSA) is 51.6 Å². The Kier molecular flexibility index (Phi) is 14.6. The van der Waals surface area contributed by atoms with Gasteiger partial charge in [0.25, 0.3) is 0 Å². The van der Waals surface area contributed by atoms with Gasteiger partial charge in [-0.2, -0.15) is 0 Å². The van der Waals surface area contributed by atoms with Crippen molar-refractivity contribution in [2.75, 3.05) is 0 Å². The molecular weight excluding hydrogens is 1080 g/mol.